The predicted molar refractivity (Wildman–Crippen MR) is 36.6 cm³/mol. The standard InChI is InChI=1S/C7H7NO3/c1-2-5(7(10)11)8-4-3-6(8)9/h1,3-4H2,(H,10,11). The summed E-state index contributed by atoms with van der Waals surface area (Å²) in [5, 5.41) is 8.49. The molecule has 0 aromatic carbocycles. The summed E-state index contributed by atoms with van der Waals surface area (Å²) in [6, 6.07) is 0. The minimum atomic E-state index is -1.16. The third kappa shape index (κ3) is 1.16. The lowest BCUT2D eigenvalue weighted by Crippen LogP contribution is -2.44. The van der Waals surface area contributed by atoms with Gasteiger partial charge in [-0.1, -0.05) is 12.3 Å². The molecule has 1 fully saturated rings. The molecule has 0 atom stereocenters. The van der Waals surface area contributed by atoms with Crippen LogP contribution < -0.4 is 0 Å². The number of nitrogens with zero attached hydrogens (tertiary/aromatic N) is 1. The van der Waals surface area contributed by atoms with Gasteiger partial charge in [0.2, 0.25) is 5.91 Å². The minimum absolute atomic E-state index is 0.152. The first-order chi connectivity index (χ1) is 5.16. The topological polar surface area (TPSA) is 57.6 Å². The predicted octanol–water partition coefficient (Wildman–Crippen LogP) is -0.0279. The summed E-state index contributed by atoms with van der Waals surface area (Å²) in [7, 11) is 0. The fourth-order valence-electron chi connectivity index (χ4n) is 0.838. The number of amides is 1. The van der Waals surface area contributed by atoms with E-state index < -0.39 is 5.97 Å². The number of rotatable bonds is 2. The highest BCUT2D eigenvalue weighted by Gasteiger charge is 2.30. The molecule has 0 saturated carbocycles. The minimum Gasteiger partial charge on any atom is -0.476 e. The van der Waals surface area contributed by atoms with Crippen LogP contribution in [0.2, 0.25) is 0 Å². The van der Waals surface area contributed by atoms with Crippen LogP contribution in [0.15, 0.2) is 18.0 Å². The van der Waals surface area contributed by atoms with Crippen molar-refractivity contribution in [2.45, 2.75) is 6.42 Å². The smallest absolute Gasteiger partial charge is 0.360 e. The zero-order valence-electron chi connectivity index (χ0n) is 5.83. The van der Waals surface area contributed by atoms with Gasteiger partial charge >= 0.3 is 5.97 Å². The second-order valence-electron chi connectivity index (χ2n) is 2.13. The summed E-state index contributed by atoms with van der Waals surface area (Å²) in [6.07, 6.45) is 0.415. The van der Waals surface area contributed by atoms with Gasteiger partial charge in [0.15, 0.2) is 5.70 Å². The van der Waals surface area contributed by atoms with Crippen molar-refractivity contribution in [2.75, 3.05) is 6.54 Å². The molecule has 4 heteroatoms. The van der Waals surface area contributed by atoms with Gasteiger partial charge in [-0.3, -0.25) is 9.69 Å². The summed E-state index contributed by atoms with van der Waals surface area (Å²) in [5.41, 5.74) is 2.05. The van der Waals surface area contributed by atoms with Crippen molar-refractivity contribution in [2.24, 2.45) is 0 Å². The number of carboxylic acids is 1. The molecule has 0 unspecified atom stereocenters. The molecule has 1 N–H and O–H groups in total. The Morgan fingerprint density at radius 2 is 2.36 bits per heavy atom. The van der Waals surface area contributed by atoms with Gasteiger partial charge in [-0.25, -0.2) is 4.79 Å². The third-order valence-electron chi connectivity index (χ3n) is 1.49. The molecule has 1 aliphatic heterocycles. The number of carbonyl (C=O) groups is 2. The van der Waals surface area contributed by atoms with Crippen LogP contribution in [0.1, 0.15) is 6.42 Å². The van der Waals surface area contributed by atoms with Crippen LogP contribution in [0, 0.1) is 0 Å². The Bertz CT molecular complexity index is 263. The molecular formula is C7H7NO3. The normalized spacial score (nSPS) is 15.3. The van der Waals surface area contributed by atoms with E-state index in [4.69, 9.17) is 5.11 Å². The highest BCUT2D eigenvalue weighted by Crippen LogP contribution is 2.14. The average Bonchev–Trinajstić information content (AvgIpc) is 1.96. The number of carboxylic acid groups (broad SMARTS) is 1. The molecule has 0 aromatic heterocycles. The van der Waals surface area contributed by atoms with E-state index in [2.05, 4.69) is 12.3 Å². The molecule has 1 saturated heterocycles. The van der Waals surface area contributed by atoms with Gasteiger partial charge in [0.1, 0.15) is 0 Å². The van der Waals surface area contributed by atoms with Crippen molar-refractivity contribution in [3.05, 3.63) is 18.0 Å². The quantitative estimate of drug-likeness (QED) is 0.344. The van der Waals surface area contributed by atoms with E-state index >= 15 is 0 Å². The number of carbonyl (C=O) groups excluding carboxylic acids is 1. The second-order valence-corrected chi connectivity index (χ2v) is 2.13. The Kier molecular flexibility index (Phi) is 1.79. The Hall–Kier alpha value is -1.54. The van der Waals surface area contributed by atoms with E-state index in [1.54, 1.807) is 0 Å². The van der Waals surface area contributed by atoms with Gasteiger partial charge < -0.3 is 5.11 Å². The molecule has 0 spiro atoms. The number of hydrogen-bond donors (Lipinski definition) is 1. The van der Waals surface area contributed by atoms with Gasteiger partial charge in [-0.15, -0.1) is 0 Å². The van der Waals surface area contributed by atoms with Gasteiger partial charge in [0.25, 0.3) is 0 Å². The van der Waals surface area contributed by atoms with Gasteiger partial charge in [-0.2, -0.15) is 0 Å². The summed E-state index contributed by atoms with van der Waals surface area (Å²) >= 11 is 0. The van der Waals surface area contributed by atoms with Crippen LogP contribution in [0.4, 0.5) is 0 Å². The van der Waals surface area contributed by atoms with Crippen LogP contribution in [-0.2, 0) is 9.59 Å². The molecule has 1 amide bonds. The zero-order chi connectivity index (χ0) is 8.43. The van der Waals surface area contributed by atoms with Crippen molar-refractivity contribution in [1.82, 2.24) is 4.90 Å². The van der Waals surface area contributed by atoms with E-state index in [9.17, 15) is 9.59 Å². The molecule has 58 valence electrons. The summed E-state index contributed by atoms with van der Waals surface area (Å²) in [5.74, 6) is -1.34. The first-order valence-corrected chi connectivity index (χ1v) is 3.10. The van der Waals surface area contributed by atoms with Crippen molar-refractivity contribution in [1.29, 1.82) is 0 Å². The molecule has 1 rings (SSSR count). The SMILES string of the molecule is C=C=C(C(=O)O)N1CCC1=O. The van der Waals surface area contributed by atoms with Gasteiger partial charge in [0, 0.05) is 13.0 Å². The monoisotopic (exact) mass is 153 g/mol. The van der Waals surface area contributed by atoms with Crippen molar-refractivity contribution < 1.29 is 14.7 Å². The summed E-state index contributed by atoms with van der Waals surface area (Å²) < 4.78 is 0. The molecule has 0 bridgehead atoms. The Labute approximate surface area is 63.4 Å². The van der Waals surface area contributed by atoms with Crippen LogP contribution in [0.5, 0.6) is 0 Å². The fourth-order valence-corrected chi connectivity index (χ4v) is 0.838. The van der Waals surface area contributed by atoms with Crippen LogP contribution in [-0.4, -0.2) is 28.4 Å². The van der Waals surface area contributed by atoms with E-state index in [-0.39, 0.29) is 11.6 Å². The molecule has 1 aliphatic rings. The molecule has 0 aliphatic carbocycles. The van der Waals surface area contributed by atoms with Gasteiger partial charge in [-0.05, 0) is 0 Å². The summed E-state index contributed by atoms with van der Waals surface area (Å²) in [4.78, 5) is 22.2. The van der Waals surface area contributed by atoms with Crippen LogP contribution in [0.25, 0.3) is 0 Å². The van der Waals surface area contributed by atoms with Crippen molar-refractivity contribution in [3.63, 3.8) is 0 Å². The second kappa shape index (κ2) is 2.60. The molecule has 4 nitrogen and oxygen atoms in total. The maximum Gasteiger partial charge on any atom is 0.360 e. The maximum atomic E-state index is 10.7. The van der Waals surface area contributed by atoms with E-state index in [0.29, 0.717) is 13.0 Å². The number of β-lactam (4-membered cyclic amide) rings is 1. The Morgan fingerprint density at radius 3 is 2.45 bits per heavy atom. The maximum absolute atomic E-state index is 10.7. The average molecular weight is 153 g/mol. The van der Waals surface area contributed by atoms with Crippen molar-refractivity contribution >= 4 is 11.9 Å². The first-order valence-electron chi connectivity index (χ1n) is 3.10. The zero-order valence-corrected chi connectivity index (χ0v) is 5.83. The van der Waals surface area contributed by atoms with Gasteiger partial charge in [0.05, 0.1) is 0 Å². The highest BCUT2D eigenvalue weighted by molar-refractivity contribution is 5.95. The van der Waals surface area contributed by atoms with E-state index in [1.807, 2.05) is 0 Å². The lowest BCUT2D eigenvalue weighted by molar-refractivity contribution is -0.144. The van der Waals surface area contributed by atoms with Crippen LogP contribution >= 0.6 is 0 Å². The molecule has 0 radical (unpaired) electrons. The van der Waals surface area contributed by atoms with Crippen molar-refractivity contribution in [3.8, 4) is 0 Å². The first kappa shape index (κ1) is 7.57. The Balaban J connectivity index is 2.80. The summed E-state index contributed by atoms with van der Waals surface area (Å²) in [6.45, 7) is 3.64. The fraction of sp³-hybridized carbons (Fsp3) is 0.286. The molecular weight excluding hydrogens is 146 g/mol. The number of likely N-dealkylation sites (tertiary alicyclic amines) is 1. The lowest BCUT2D eigenvalue weighted by atomic mass is 10.2. The Morgan fingerprint density at radius 1 is 1.73 bits per heavy atom. The number of hydrogen-bond acceptors (Lipinski definition) is 2. The third-order valence-corrected chi connectivity index (χ3v) is 1.49. The van der Waals surface area contributed by atoms with E-state index in [0.717, 1.165) is 4.90 Å². The molecule has 11 heavy (non-hydrogen) atoms. The lowest BCUT2D eigenvalue weighted by Gasteiger charge is -2.29. The largest absolute Gasteiger partial charge is 0.476 e. The highest BCUT2D eigenvalue weighted by atomic mass is 16.4. The number of aliphatic carboxylic acids is 1. The molecule has 1 heterocycles. The van der Waals surface area contributed by atoms with Crippen LogP contribution in [0.3, 0.4) is 0 Å². The molecule has 0 aromatic rings. The van der Waals surface area contributed by atoms with E-state index in [1.165, 1.54) is 0 Å².